The maximum atomic E-state index is 14.1. The van der Waals surface area contributed by atoms with Crippen molar-refractivity contribution in [2.45, 2.75) is 31.5 Å². The van der Waals surface area contributed by atoms with E-state index in [0.29, 0.717) is 24.5 Å². The standard InChI is InChI=1S/C25H25FN2/c1-17-6-8-18(9-7-17)19-10-12-20(13-11-19)25-23-14-27-15-24(25)28(23)16-21-4-2-3-5-22(21)26/h2-13,23-25,27H,14-16H2,1H3/t23-,24+,25?. The van der Waals surface area contributed by atoms with Gasteiger partial charge in [0.25, 0.3) is 0 Å². The summed E-state index contributed by atoms with van der Waals surface area (Å²) in [7, 11) is 0. The van der Waals surface area contributed by atoms with Crippen LogP contribution in [0.2, 0.25) is 0 Å². The molecule has 3 atom stereocenters. The highest BCUT2D eigenvalue weighted by atomic mass is 19.1. The average molecular weight is 372 g/mol. The average Bonchev–Trinajstić information content (AvgIpc) is 2.74. The van der Waals surface area contributed by atoms with Crippen LogP contribution >= 0.6 is 0 Å². The summed E-state index contributed by atoms with van der Waals surface area (Å²) >= 11 is 0. The number of piperidine rings is 1. The molecule has 2 saturated heterocycles. The third-order valence-corrected chi connectivity index (χ3v) is 6.38. The van der Waals surface area contributed by atoms with Gasteiger partial charge < -0.3 is 5.32 Å². The third kappa shape index (κ3) is 3.05. The van der Waals surface area contributed by atoms with Crippen molar-refractivity contribution in [1.29, 1.82) is 0 Å². The predicted molar refractivity (Wildman–Crippen MR) is 112 cm³/mol. The van der Waals surface area contributed by atoms with E-state index in [1.165, 1.54) is 22.3 Å². The first-order chi connectivity index (χ1) is 13.7. The molecule has 2 aliphatic heterocycles. The summed E-state index contributed by atoms with van der Waals surface area (Å²) < 4.78 is 14.1. The van der Waals surface area contributed by atoms with Crippen LogP contribution in [-0.2, 0) is 6.54 Å². The summed E-state index contributed by atoms with van der Waals surface area (Å²) in [4.78, 5) is 2.47. The van der Waals surface area contributed by atoms with E-state index in [9.17, 15) is 4.39 Å². The fraction of sp³-hybridized carbons (Fsp3) is 0.280. The van der Waals surface area contributed by atoms with E-state index in [4.69, 9.17) is 0 Å². The summed E-state index contributed by atoms with van der Waals surface area (Å²) in [5, 5.41) is 3.52. The second kappa shape index (κ2) is 7.16. The van der Waals surface area contributed by atoms with Crippen LogP contribution in [0.4, 0.5) is 4.39 Å². The minimum Gasteiger partial charge on any atom is -0.314 e. The molecule has 0 aromatic heterocycles. The molecule has 2 heterocycles. The van der Waals surface area contributed by atoms with Gasteiger partial charge in [0.15, 0.2) is 0 Å². The minimum atomic E-state index is -0.0977. The van der Waals surface area contributed by atoms with Crippen molar-refractivity contribution in [1.82, 2.24) is 10.2 Å². The van der Waals surface area contributed by atoms with Gasteiger partial charge in [-0.2, -0.15) is 0 Å². The van der Waals surface area contributed by atoms with Gasteiger partial charge in [0.2, 0.25) is 0 Å². The number of nitrogens with one attached hydrogen (secondary N) is 1. The molecule has 0 saturated carbocycles. The van der Waals surface area contributed by atoms with E-state index in [1.807, 2.05) is 12.1 Å². The van der Waals surface area contributed by atoms with Crippen LogP contribution in [-0.4, -0.2) is 30.1 Å². The van der Waals surface area contributed by atoms with Gasteiger partial charge >= 0.3 is 0 Å². The first-order valence-corrected chi connectivity index (χ1v) is 10.1. The van der Waals surface area contributed by atoms with Gasteiger partial charge in [0, 0.05) is 43.2 Å². The number of hydrogen-bond donors (Lipinski definition) is 1. The van der Waals surface area contributed by atoms with E-state index in [2.05, 4.69) is 65.7 Å². The molecule has 3 aromatic rings. The number of rotatable bonds is 4. The second-order valence-electron chi connectivity index (χ2n) is 8.07. The molecule has 1 N–H and O–H groups in total. The maximum absolute atomic E-state index is 14.1. The van der Waals surface area contributed by atoms with Crippen LogP contribution in [0.3, 0.4) is 0 Å². The van der Waals surface area contributed by atoms with E-state index < -0.39 is 0 Å². The number of nitrogens with zero attached hydrogens (tertiary/aromatic N) is 1. The van der Waals surface area contributed by atoms with Gasteiger partial charge in [0.05, 0.1) is 0 Å². The Morgan fingerprint density at radius 1 is 0.857 bits per heavy atom. The predicted octanol–water partition coefficient (Wildman–Crippen LogP) is 4.74. The Kier molecular flexibility index (Phi) is 4.50. The zero-order valence-electron chi connectivity index (χ0n) is 16.1. The first kappa shape index (κ1) is 17.6. The topological polar surface area (TPSA) is 15.3 Å². The number of hydrogen-bond acceptors (Lipinski definition) is 2. The van der Waals surface area contributed by atoms with Crippen LogP contribution in [0.5, 0.6) is 0 Å². The Morgan fingerprint density at radius 2 is 1.46 bits per heavy atom. The van der Waals surface area contributed by atoms with Crippen molar-refractivity contribution in [3.05, 3.63) is 95.3 Å². The van der Waals surface area contributed by atoms with Gasteiger partial charge in [-0.25, -0.2) is 4.39 Å². The Labute approximate surface area is 166 Å². The highest BCUT2D eigenvalue weighted by Gasteiger charge is 2.51. The van der Waals surface area contributed by atoms with E-state index in [-0.39, 0.29) is 5.82 Å². The van der Waals surface area contributed by atoms with Crippen molar-refractivity contribution < 1.29 is 4.39 Å². The maximum Gasteiger partial charge on any atom is 0.127 e. The van der Waals surface area contributed by atoms with Crippen LogP contribution in [0.25, 0.3) is 11.1 Å². The Bertz CT molecular complexity index is 953. The zero-order chi connectivity index (χ0) is 19.1. The smallest absolute Gasteiger partial charge is 0.127 e. The van der Waals surface area contributed by atoms with Crippen molar-refractivity contribution in [3.63, 3.8) is 0 Å². The van der Waals surface area contributed by atoms with Crippen molar-refractivity contribution in [2.75, 3.05) is 13.1 Å². The number of piperazine rings is 1. The lowest BCUT2D eigenvalue weighted by Crippen LogP contribution is -2.72. The molecule has 142 valence electrons. The SMILES string of the molecule is Cc1ccc(-c2ccc(C3[C@H]4CNC[C@@H]3N4Cc3ccccc3F)cc2)cc1. The monoisotopic (exact) mass is 372 g/mol. The van der Waals surface area contributed by atoms with Crippen molar-refractivity contribution in [3.8, 4) is 11.1 Å². The second-order valence-corrected chi connectivity index (χ2v) is 8.07. The van der Waals surface area contributed by atoms with Crippen LogP contribution < -0.4 is 5.32 Å². The van der Waals surface area contributed by atoms with Gasteiger partial charge in [-0.15, -0.1) is 0 Å². The Morgan fingerprint density at radius 3 is 2.11 bits per heavy atom. The summed E-state index contributed by atoms with van der Waals surface area (Å²) in [5.74, 6) is 0.430. The van der Waals surface area contributed by atoms with E-state index in [1.54, 1.807) is 12.1 Å². The zero-order valence-corrected chi connectivity index (χ0v) is 16.1. The molecule has 28 heavy (non-hydrogen) atoms. The lowest BCUT2D eigenvalue weighted by molar-refractivity contribution is -0.0489. The minimum absolute atomic E-state index is 0.0977. The van der Waals surface area contributed by atoms with Crippen molar-refractivity contribution >= 4 is 0 Å². The number of halogens is 1. The molecule has 5 rings (SSSR count). The first-order valence-electron chi connectivity index (χ1n) is 10.1. The number of likely N-dealkylation sites (tertiary alicyclic amines) is 1. The highest BCUT2D eigenvalue weighted by molar-refractivity contribution is 5.64. The molecule has 1 unspecified atom stereocenters. The number of fused-ring (bicyclic) bond motifs is 2. The fourth-order valence-corrected chi connectivity index (χ4v) is 4.83. The van der Waals surface area contributed by atoms with Gasteiger partial charge in [-0.1, -0.05) is 72.3 Å². The molecule has 0 radical (unpaired) electrons. The van der Waals surface area contributed by atoms with Gasteiger partial charge in [-0.05, 0) is 29.7 Å². The molecule has 2 aliphatic rings. The highest BCUT2D eigenvalue weighted by Crippen LogP contribution is 2.43. The fourth-order valence-electron chi connectivity index (χ4n) is 4.83. The summed E-state index contributed by atoms with van der Waals surface area (Å²) in [6.45, 7) is 4.75. The molecule has 2 nitrogen and oxygen atoms in total. The lowest BCUT2D eigenvalue weighted by atomic mass is 9.72. The van der Waals surface area contributed by atoms with Crippen LogP contribution in [0, 0.1) is 12.7 Å². The molecule has 3 aromatic carbocycles. The summed E-state index contributed by atoms with van der Waals surface area (Å²) in [6, 6.07) is 25.7. The quantitative estimate of drug-likeness (QED) is 0.712. The molecule has 0 spiro atoms. The normalized spacial score (nSPS) is 24.0. The van der Waals surface area contributed by atoms with Crippen LogP contribution in [0.15, 0.2) is 72.8 Å². The molecular formula is C25H25FN2. The van der Waals surface area contributed by atoms with Gasteiger partial charge in [0.1, 0.15) is 5.82 Å². The largest absolute Gasteiger partial charge is 0.314 e. The van der Waals surface area contributed by atoms with E-state index >= 15 is 0 Å². The number of aryl methyl sites for hydroxylation is 1. The molecule has 2 fully saturated rings. The Balaban J connectivity index is 1.34. The van der Waals surface area contributed by atoms with Crippen LogP contribution in [0.1, 0.15) is 22.6 Å². The summed E-state index contributed by atoms with van der Waals surface area (Å²) in [5.41, 5.74) is 6.00. The van der Waals surface area contributed by atoms with E-state index in [0.717, 1.165) is 18.7 Å². The number of benzene rings is 3. The lowest BCUT2D eigenvalue weighted by Gasteiger charge is -2.59. The third-order valence-electron chi connectivity index (χ3n) is 6.38. The van der Waals surface area contributed by atoms with Crippen molar-refractivity contribution in [2.24, 2.45) is 0 Å². The molecule has 2 bridgehead atoms. The Hall–Kier alpha value is -2.49. The molecular weight excluding hydrogens is 347 g/mol. The van der Waals surface area contributed by atoms with Gasteiger partial charge in [-0.3, -0.25) is 4.90 Å². The molecule has 0 amide bonds. The summed E-state index contributed by atoms with van der Waals surface area (Å²) in [6.07, 6.45) is 0. The molecule has 0 aliphatic carbocycles. The molecule has 3 heteroatoms.